The molecule has 16 heteroatoms. The zero-order valence-corrected chi connectivity index (χ0v) is 16.1. The number of hydrazine groups is 1. The molecule has 1 atom stereocenters. The first-order valence-corrected chi connectivity index (χ1v) is 8.90. The zero-order valence-electron chi connectivity index (χ0n) is 16.1. The lowest BCUT2D eigenvalue weighted by Gasteiger charge is -2.17. The number of aromatic nitrogens is 4. The summed E-state index contributed by atoms with van der Waals surface area (Å²) < 4.78 is 79.4. The normalized spacial score (nSPS) is 12.4. The van der Waals surface area contributed by atoms with Gasteiger partial charge in [-0.1, -0.05) is 0 Å². The molecule has 3 rings (SSSR count). The van der Waals surface area contributed by atoms with Gasteiger partial charge in [0.25, 0.3) is 5.82 Å². The summed E-state index contributed by atoms with van der Waals surface area (Å²) in [6.45, 7) is 0. The lowest BCUT2D eigenvalue weighted by atomic mass is 10.0. The van der Waals surface area contributed by atoms with Crippen molar-refractivity contribution in [2.45, 2.75) is 25.1 Å². The highest BCUT2D eigenvalue weighted by molar-refractivity contribution is 5.78. The third-order valence-electron chi connectivity index (χ3n) is 4.14. The molecule has 0 spiro atoms. The third-order valence-corrected chi connectivity index (χ3v) is 4.14. The Morgan fingerprint density at radius 2 is 1.82 bits per heavy atom. The van der Waals surface area contributed by atoms with E-state index in [2.05, 4.69) is 25.9 Å². The smallest absolute Gasteiger partial charge is 0.453 e. The molecule has 0 bridgehead atoms. The third kappa shape index (κ3) is 5.78. The van der Waals surface area contributed by atoms with Crippen LogP contribution in [0.4, 0.5) is 37.1 Å². The molecule has 0 saturated carbocycles. The summed E-state index contributed by atoms with van der Waals surface area (Å²) in [6, 6.07) is 0.684. The molecule has 2 aromatic heterocycles. The standard InChI is InChI=1S/C17H13F6N7O3/c18-9-6-11(20)10(19)4-7(9)3-8(25-16(32)33)5-13(31)27-28-15-24-2-1-12-26-14(17(21,22)23)29-30(12)15/h1-2,4,6,8,25H,3,5H2,(H,24,28)(H,27,31)(H,32,33)/t8-/m1/s1. The zero-order chi connectivity index (χ0) is 24.3. The first kappa shape index (κ1) is 23.6. The fraction of sp³-hybridized carbons (Fsp3) is 0.235. The van der Waals surface area contributed by atoms with Crippen molar-refractivity contribution in [3.8, 4) is 0 Å². The molecule has 0 radical (unpaired) electrons. The average Bonchev–Trinajstić information content (AvgIpc) is 3.15. The van der Waals surface area contributed by atoms with Crippen LogP contribution in [0.3, 0.4) is 0 Å². The van der Waals surface area contributed by atoms with Crippen LogP contribution in [0.5, 0.6) is 0 Å². The summed E-state index contributed by atoms with van der Waals surface area (Å²) in [5.74, 6) is -6.64. The molecule has 0 saturated heterocycles. The minimum absolute atomic E-state index is 0.228. The Morgan fingerprint density at radius 3 is 2.48 bits per heavy atom. The maximum absolute atomic E-state index is 13.9. The van der Waals surface area contributed by atoms with Crippen LogP contribution in [-0.4, -0.2) is 42.7 Å². The van der Waals surface area contributed by atoms with Crippen molar-refractivity contribution in [1.29, 1.82) is 0 Å². The number of fused-ring (bicyclic) bond motifs is 1. The van der Waals surface area contributed by atoms with Gasteiger partial charge >= 0.3 is 12.3 Å². The Bertz CT molecular complexity index is 1200. The van der Waals surface area contributed by atoms with Gasteiger partial charge in [-0.05, 0) is 18.1 Å². The number of nitrogens with one attached hydrogen (secondary N) is 3. The largest absolute Gasteiger partial charge is 0.465 e. The molecule has 2 amide bonds. The molecule has 0 unspecified atom stereocenters. The van der Waals surface area contributed by atoms with Gasteiger partial charge in [0.05, 0.1) is 0 Å². The molecule has 3 aromatic rings. The number of carboxylic acid groups (broad SMARTS) is 1. The number of benzene rings is 1. The van der Waals surface area contributed by atoms with Crippen molar-refractivity contribution in [1.82, 2.24) is 30.3 Å². The number of carbonyl (C=O) groups is 2. The minimum Gasteiger partial charge on any atom is -0.465 e. The van der Waals surface area contributed by atoms with Crippen LogP contribution >= 0.6 is 0 Å². The summed E-state index contributed by atoms with van der Waals surface area (Å²) >= 11 is 0. The van der Waals surface area contributed by atoms with Gasteiger partial charge in [0.15, 0.2) is 17.3 Å². The molecule has 0 aliphatic heterocycles. The number of amides is 2. The topological polar surface area (TPSA) is 134 Å². The predicted octanol–water partition coefficient (Wildman–Crippen LogP) is 2.27. The molecule has 33 heavy (non-hydrogen) atoms. The molecular weight excluding hydrogens is 464 g/mol. The highest BCUT2D eigenvalue weighted by Gasteiger charge is 2.36. The first-order chi connectivity index (χ1) is 15.4. The van der Waals surface area contributed by atoms with Crippen molar-refractivity contribution in [2.24, 2.45) is 0 Å². The Kier molecular flexibility index (Phi) is 6.55. The SMILES string of the molecule is O=C(O)N[C@@H](CC(=O)NNc1nccc2nc(C(F)(F)F)nn12)Cc1cc(F)c(F)cc1F. The fourth-order valence-electron chi connectivity index (χ4n) is 2.76. The Labute approximate surface area is 179 Å². The van der Waals surface area contributed by atoms with Crippen molar-refractivity contribution in [2.75, 3.05) is 5.43 Å². The molecule has 2 heterocycles. The average molecular weight is 477 g/mol. The predicted molar refractivity (Wildman–Crippen MR) is 97.1 cm³/mol. The van der Waals surface area contributed by atoms with Gasteiger partial charge in [-0.3, -0.25) is 15.6 Å². The van der Waals surface area contributed by atoms with Gasteiger partial charge in [-0.25, -0.2) is 27.9 Å². The monoisotopic (exact) mass is 477 g/mol. The number of hydrogen-bond donors (Lipinski definition) is 4. The number of halogens is 6. The second kappa shape index (κ2) is 9.17. The van der Waals surface area contributed by atoms with E-state index in [1.165, 1.54) is 0 Å². The van der Waals surface area contributed by atoms with Crippen LogP contribution in [0.1, 0.15) is 17.8 Å². The summed E-state index contributed by atoms with van der Waals surface area (Å²) in [4.78, 5) is 30.2. The van der Waals surface area contributed by atoms with Crippen LogP contribution in [0.25, 0.3) is 5.65 Å². The van der Waals surface area contributed by atoms with E-state index < -0.39 is 60.3 Å². The number of nitrogens with zero attached hydrogens (tertiary/aromatic N) is 4. The van der Waals surface area contributed by atoms with Gasteiger partial charge in [-0.15, -0.1) is 5.10 Å². The van der Waals surface area contributed by atoms with Crippen molar-refractivity contribution in [3.63, 3.8) is 0 Å². The van der Waals surface area contributed by atoms with Gasteiger partial charge in [0.2, 0.25) is 11.9 Å². The summed E-state index contributed by atoms with van der Waals surface area (Å²) in [6.07, 6.45) is -6.41. The van der Waals surface area contributed by atoms with Crippen LogP contribution in [0.2, 0.25) is 0 Å². The van der Waals surface area contributed by atoms with Crippen molar-refractivity contribution >= 4 is 23.6 Å². The van der Waals surface area contributed by atoms with E-state index in [4.69, 9.17) is 5.11 Å². The van der Waals surface area contributed by atoms with E-state index in [1.54, 1.807) is 0 Å². The maximum atomic E-state index is 13.9. The molecule has 0 fully saturated rings. The van der Waals surface area contributed by atoms with Crippen molar-refractivity contribution < 1.29 is 41.0 Å². The highest BCUT2D eigenvalue weighted by atomic mass is 19.4. The van der Waals surface area contributed by atoms with E-state index in [-0.39, 0.29) is 23.2 Å². The first-order valence-electron chi connectivity index (χ1n) is 8.90. The fourth-order valence-corrected chi connectivity index (χ4v) is 2.76. The van der Waals surface area contributed by atoms with E-state index in [1.807, 2.05) is 5.32 Å². The van der Waals surface area contributed by atoms with Crippen LogP contribution in [-0.2, 0) is 17.4 Å². The number of rotatable bonds is 7. The molecule has 1 aromatic carbocycles. The van der Waals surface area contributed by atoms with Crippen LogP contribution < -0.4 is 16.2 Å². The second-order valence-corrected chi connectivity index (χ2v) is 6.56. The number of anilines is 1. The Balaban J connectivity index is 1.70. The van der Waals surface area contributed by atoms with Crippen LogP contribution in [0.15, 0.2) is 24.4 Å². The van der Waals surface area contributed by atoms with E-state index >= 15 is 0 Å². The molecular formula is C17H13F6N7O3. The van der Waals surface area contributed by atoms with Crippen molar-refractivity contribution in [3.05, 3.63) is 53.2 Å². The quantitative estimate of drug-likeness (QED) is 0.233. The Hall–Kier alpha value is -4.11. The number of alkyl halides is 3. The maximum Gasteiger partial charge on any atom is 0.453 e. The molecule has 176 valence electrons. The number of carbonyl (C=O) groups excluding carboxylic acids is 1. The molecule has 0 aliphatic rings. The van der Waals surface area contributed by atoms with Crippen LogP contribution in [0, 0.1) is 17.5 Å². The Morgan fingerprint density at radius 1 is 1.12 bits per heavy atom. The summed E-state index contributed by atoms with van der Waals surface area (Å²) in [5, 5.41) is 14.1. The lowest BCUT2D eigenvalue weighted by Crippen LogP contribution is -2.41. The molecule has 4 N–H and O–H groups in total. The molecule has 10 nitrogen and oxygen atoms in total. The second-order valence-electron chi connectivity index (χ2n) is 6.56. The highest BCUT2D eigenvalue weighted by Crippen LogP contribution is 2.26. The summed E-state index contributed by atoms with van der Waals surface area (Å²) in [5.41, 5.74) is 3.69. The lowest BCUT2D eigenvalue weighted by molar-refractivity contribution is -0.144. The molecule has 0 aliphatic carbocycles. The van der Waals surface area contributed by atoms with Gasteiger partial charge in [0, 0.05) is 30.8 Å². The van der Waals surface area contributed by atoms with Gasteiger partial charge in [0.1, 0.15) is 5.82 Å². The van der Waals surface area contributed by atoms with E-state index in [9.17, 15) is 35.9 Å². The van der Waals surface area contributed by atoms with Gasteiger partial charge in [-0.2, -0.15) is 17.7 Å². The number of hydrogen-bond acceptors (Lipinski definition) is 6. The summed E-state index contributed by atoms with van der Waals surface area (Å²) in [7, 11) is 0. The van der Waals surface area contributed by atoms with Gasteiger partial charge < -0.3 is 10.4 Å². The van der Waals surface area contributed by atoms with E-state index in [0.29, 0.717) is 10.6 Å². The minimum atomic E-state index is -4.82. The van der Waals surface area contributed by atoms with E-state index in [0.717, 1.165) is 12.3 Å².